The molecule has 7 nitrogen and oxygen atoms in total. The number of allylic oxidation sites excluding steroid dienone is 2. The number of pyridine rings is 2. The van der Waals surface area contributed by atoms with Crippen LogP contribution in [-0.4, -0.2) is 61.0 Å². The fourth-order valence-electron chi connectivity index (χ4n) is 4.75. The van der Waals surface area contributed by atoms with Crippen molar-refractivity contribution >= 4 is 41.9 Å². The van der Waals surface area contributed by atoms with E-state index in [1.54, 1.807) is 13.2 Å². The van der Waals surface area contributed by atoms with Crippen LogP contribution in [-0.2, 0) is 4.79 Å². The summed E-state index contributed by atoms with van der Waals surface area (Å²) in [5.74, 6) is 0.824. The lowest BCUT2D eigenvalue weighted by atomic mass is 9.91. The topological polar surface area (TPSA) is 73.4 Å². The summed E-state index contributed by atoms with van der Waals surface area (Å²) in [7, 11) is 1.56. The predicted molar refractivity (Wildman–Crippen MR) is 144 cm³/mol. The summed E-state index contributed by atoms with van der Waals surface area (Å²) in [6.45, 7) is 9.41. The normalized spacial score (nSPS) is 17.1. The molecule has 0 unspecified atom stereocenters. The number of carbonyl (C=O) groups is 1. The van der Waals surface area contributed by atoms with E-state index < -0.39 is 0 Å². The number of aromatic nitrogens is 2. The van der Waals surface area contributed by atoms with E-state index in [2.05, 4.69) is 50.0 Å². The number of nitrogens with zero attached hydrogens (tertiary/aromatic N) is 4. The molecule has 2 aromatic rings. The highest BCUT2D eigenvalue weighted by Gasteiger charge is 2.25. The van der Waals surface area contributed by atoms with Crippen LogP contribution in [0, 0.1) is 11.7 Å². The second-order valence-electron chi connectivity index (χ2n) is 8.76. The Morgan fingerprint density at radius 1 is 1.17 bits per heavy atom. The third kappa shape index (κ3) is 6.95. The summed E-state index contributed by atoms with van der Waals surface area (Å²) < 4.78 is 15.5. The van der Waals surface area contributed by atoms with Gasteiger partial charge in [0.25, 0.3) is 0 Å². The number of halogens is 1. The number of carbonyl (C=O) groups excluding carboxylic acids is 1. The molecule has 1 aliphatic carbocycles. The maximum Gasteiger partial charge on any atom is 0.206 e. The van der Waals surface area contributed by atoms with E-state index in [4.69, 9.17) is 4.79 Å². The minimum absolute atomic E-state index is 0.196. The van der Waals surface area contributed by atoms with Gasteiger partial charge in [0.05, 0.1) is 11.9 Å². The Kier molecular flexibility index (Phi) is 10.3. The molecule has 4 rings (SSSR count). The van der Waals surface area contributed by atoms with Gasteiger partial charge in [-0.3, -0.25) is 4.79 Å². The van der Waals surface area contributed by atoms with Gasteiger partial charge < -0.3 is 20.4 Å². The average molecular weight is 501 g/mol. The molecule has 2 fully saturated rings. The Balaban J connectivity index is 0.000000795. The first kappa shape index (κ1) is 26.9. The van der Waals surface area contributed by atoms with Gasteiger partial charge in [-0.2, -0.15) is 0 Å². The minimum atomic E-state index is -0.353. The number of likely N-dealkylation sites (N-methyl/N-ethyl adjacent to an activating group) is 1. The first-order chi connectivity index (χ1) is 17.0. The van der Waals surface area contributed by atoms with Crippen molar-refractivity contribution in [2.24, 2.45) is 5.92 Å². The van der Waals surface area contributed by atoms with E-state index in [1.807, 2.05) is 31.3 Å². The van der Waals surface area contributed by atoms with Crippen LogP contribution in [0.15, 0.2) is 35.5 Å². The third-order valence-corrected chi connectivity index (χ3v) is 7.03. The average Bonchev–Trinajstić information content (AvgIpc) is 3.43. The van der Waals surface area contributed by atoms with Gasteiger partial charge in [0, 0.05) is 49.9 Å². The maximum absolute atomic E-state index is 15.5. The molecule has 2 N–H and O–H groups in total. The minimum Gasteiger partial charge on any atom is -0.368 e. The number of rotatable bonds is 7. The lowest BCUT2D eigenvalue weighted by Crippen LogP contribution is -2.46. The molecular formula is C26H37FN6OS. The Labute approximate surface area is 213 Å². The van der Waals surface area contributed by atoms with Crippen molar-refractivity contribution in [3.8, 4) is 0 Å². The Morgan fingerprint density at radius 2 is 1.86 bits per heavy atom. The van der Waals surface area contributed by atoms with Crippen molar-refractivity contribution in [1.82, 2.24) is 20.2 Å². The zero-order valence-electron chi connectivity index (χ0n) is 20.9. The molecule has 1 amide bonds. The lowest BCUT2D eigenvalue weighted by Gasteiger charge is -2.35. The molecule has 1 saturated heterocycles. The number of nitrogens with one attached hydrogen (secondary N) is 2. The van der Waals surface area contributed by atoms with Crippen molar-refractivity contribution in [3.05, 3.63) is 42.0 Å². The van der Waals surface area contributed by atoms with Gasteiger partial charge in [-0.25, -0.2) is 14.4 Å². The van der Waals surface area contributed by atoms with Gasteiger partial charge in [0.1, 0.15) is 5.82 Å². The first-order valence-electron chi connectivity index (χ1n) is 12.4. The van der Waals surface area contributed by atoms with E-state index >= 15 is 4.39 Å². The second kappa shape index (κ2) is 13.4. The molecule has 190 valence electrons. The standard InChI is InChI=1S/C24H32FN5S.C2H5NO/c1-3-19(17-7-5-6-8-17)22-20(31)16-27-24(23(22)25)28-21-10-9-18(15-26-21)30-13-11-29(4-2)12-14-30;1-3-2-4/h3,9-10,15-17,31H,4-8,11-14H2,1-2H3,(H,26,27,28);2H,1H3,(H,3,4)/b19-3+;. The van der Waals surface area contributed by atoms with E-state index in [1.165, 1.54) is 12.8 Å². The smallest absolute Gasteiger partial charge is 0.206 e. The van der Waals surface area contributed by atoms with E-state index in [0.717, 1.165) is 56.8 Å². The highest BCUT2D eigenvalue weighted by Crippen LogP contribution is 2.40. The summed E-state index contributed by atoms with van der Waals surface area (Å²) in [4.78, 5) is 23.2. The highest BCUT2D eigenvalue weighted by atomic mass is 32.1. The third-order valence-electron chi connectivity index (χ3n) is 6.69. The summed E-state index contributed by atoms with van der Waals surface area (Å²) >= 11 is 4.52. The molecule has 2 aliphatic rings. The van der Waals surface area contributed by atoms with Crippen molar-refractivity contribution in [1.29, 1.82) is 0 Å². The van der Waals surface area contributed by atoms with Gasteiger partial charge in [-0.1, -0.05) is 25.8 Å². The number of anilines is 3. The summed E-state index contributed by atoms with van der Waals surface area (Å²) in [6, 6.07) is 3.93. The van der Waals surface area contributed by atoms with Crippen LogP contribution in [0.5, 0.6) is 0 Å². The van der Waals surface area contributed by atoms with Gasteiger partial charge in [0.2, 0.25) is 6.41 Å². The number of hydrogen-bond donors (Lipinski definition) is 3. The van der Waals surface area contributed by atoms with Crippen molar-refractivity contribution < 1.29 is 9.18 Å². The van der Waals surface area contributed by atoms with Gasteiger partial charge in [-0.15, -0.1) is 12.6 Å². The van der Waals surface area contributed by atoms with Gasteiger partial charge >= 0.3 is 0 Å². The lowest BCUT2D eigenvalue weighted by molar-refractivity contribution is -0.109. The SMILES string of the molecule is C/C=C(/c1c(S)cnc(Nc2ccc(N3CCN(CC)CC3)cn2)c1F)C1CCCC1.CNC=O. The molecule has 1 saturated carbocycles. The van der Waals surface area contributed by atoms with Crippen LogP contribution in [0.3, 0.4) is 0 Å². The largest absolute Gasteiger partial charge is 0.368 e. The molecule has 0 radical (unpaired) electrons. The molecule has 9 heteroatoms. The Morgan fingerprint density at radius 3 is 2.40 bits per heavy atom. The molecular weight excluding hydrogens is 463 g/mol. The fraction of sp³-hybridized carbons (Fsp3) is 0.500. The summed E-state index contributed by atoms with van der Waals surface area (Å²) in [6.07, 6.45) is 10.7. The van der Waals surface area contributed by atoms with Gasteiger partial charge in [0.15, 0.2) is 11.6 Å². The molecule has 35 heavy (non-hydrogen) atoms. The number of amides is 1. The second-order valence-corrected chi connectivity index (χ2v) is 9.24. The van der Waals surface area contributed by atoms with Gasteiger partial charge in [-0.05, 0) is 49.9 Å². The Hall–Kier alpha value is -2.65. The van der Waals surface area contributed by atoms with Crippen LogP contribution in [0.4, 0.5) is 21.7 Å². The fourth-order valence-corrected chi connectivity index (χ4v) is 5.04. The number of piperazine rings is 1. The van der Waals surface area contributed by atoms with Crippen molar-refractivity contribution in [2.75, 3.05) is 50.0 Å². The van der Waals surface area contributed by atoms with Crippen molar-refractivity contribution in [2.45, 2.75) is 44.4 Å². The van der Waals surface area contributed by atoms with Crippen LogP contribution in [0.1, 0.15) is 45.1 Å². The highest BCUT2D eigenvalue weighted by molar-refractivity contribution is 7.80. The first-order valence-corrected chi connectivity index (χ1v) is 12.8. The van der Waals surface area contributed by atoms with Crippen LogP contribution < -0.4 is 15.5 Å². The summed E-state index contributed by atoms with van der Waals surface area (Å²) in [5, 5.41) is 5.32. The van der Waals surface area contributed by atoms with Crippen LogP contribution >= 0.6 is 12.6 Å². The molecule has 0 atom stereocenters. The Bertz CT molecular complexity index is 986. The molecule has 0 bridgehead atoms. The van der Waals surface area contributed by atoms with E-state index in [9.17, 15) is 0 Å². The quantitative estimate of drug-likeness (QED) is 0.377. The molecule has 2 aromatic heterocycles. The molecule has 3 heterocycles. The van der Waals surface area contributed by atoms with Crippen LogP contribution in [0.25, 0.3) is 5.57 Å². The molecule has 0 spiro atoms. The van der Waals surface area contributed by atoms with E-state index in [-0.39, 0.29) is 11.6 Å². The predicted octanol–water partition coefficient (Wildman–Crippen LogP) is 4.75. The number of hydrogen-bond acceptors (Lipinski definition) is 7. The maximum atomic E-state index is 15.5. The zero-order valence-corrected chi connectivity index (χ0v) is 21.8. The van der Waals surface area contributed by atoms with Crippen molar-refractivity contribution in [3.63, 3.8) is 0 Å². The summed E-state index contributed by atoms with van der Waals surface area (Å²) in [5.41, 5.74) is 2.71. The monoisotopic (exact) mass is 500 g/mol. The number of thiol groups is 1. The van der Waals surface area contributed by atoms with Crippen LogP contribution in [0.2, 0.25) is 0 Å². The molecule has 0 aromatic carbocycles. The molecule has 1 aliphatic heterocycles. The van der Waals surface area contributed by atoms with E-state index in [0.29, 0.717) is 28.6 Å². The zero-order chi connectivity index (χ0) is 25.2.